The third kappa shape index (κ3) is 3.57. The van der Waals surface area contributed by atoms with Crippen LogP contribution >= 0.6 is 0 Å². The van der Waals surface area contributed by atoms with Gasteiger partial charge in [0, 0.05) is 6.20 Å². The van der Waals surface area contributed by atoms with Gasteiger partial charge in [-0.15, -0.1) is 0 Å². The van der Waals surface area contributed by atoms with Crippen LogP contribution in [0.15, 0.2) is 30.6 Å². The van der Waals surface area contributed by atoms with Crippen LogP contribution in [0, 0.1) is 0 Å². The van der Waals surface area contributed by atoms with Crippen molar-refractivity contribution in [2.45, 2.75) is 25.8 Å². The van der Waals surface area contributed by atoms with Crippen LogP contribution in [0.25, 0.3) is 0 Å². The van der Waals surface area contributed by atoms with Gasteiger partial charge in [0.05, 0.1) is 17.3 Å². The van der Waals surface area contributed by atoms with Gasteiger partial charge in [-0.2, -0.15) is 5.10 Å². The highest BCUT2D eigenvalue weighted by molar-refractivity contribution is 5.98. The number of nitrogens with two attached hydrogens (primary N) is 1. The lowest BCUT2D eigenvalue weighted by molar-refractivity contribution is -0.120. The zero-order valence-electron chi connectivity index (χ0n) is 14.1. The monoisotopic (exact) mass is 344 g/mol. The van der Waals surface area contributed by atoms with E-state index in [0.717, 1.165) is 5.56 Å². The zero-order valence-corrected chi connectivity index (χ0v) is 14.1. The topological polar surface area (TPSA) is 108 Å². The van der Waals surface area contributed by atoms with E-state index in [0.29, 0.717) is 30.4 Å². The number of benzene rings is 1. The van der Waals surface area contributed by atoms with Crippen molar-refractivity contribution in [3.63, 3.8) is 0 Å². The minimum atomic E-state index is -0.804. The van der Waals surface area contributed by atoms with Gasteiger partial charge >= 0.3 is 0 Å². The summed E-state index contributed by atoms with van der Waals surface area (Å²) in [4.78, 5) is 23.6. The van der Waals surface area contributed by atoms with Crippen LogP contribution in [-0.4, -0.2) is 34.8 Å². The maximum absolute atomic E-state index is 12.7. The zero-order chi connectivity index (χ0) is 18.0. The first-order valence-corrected chi connectivity index (χ1v) is 7.88. The van der Waals surface area contributed by atoms with E-state index in [1.165, 1.54) is 10.9 Å². The van der Waals surface area contributed by atoms with Crippen molar-refractivity contribution < 1.29 is 19.1 Å². The van der Waals surface area contributed by atoms with Crippen molar-refractivity contribution in [2.24, 2.45) is 5.73 Å². The number of ether oxygens (including phenoxy) is 2. The van der Waals surface area contributed by atoms with E-state index < -0.39 is 11.3 Å². The lowest BCUT2D eigenvalue weighted by Crippen LogP contribution is -2.34. The average molecular weight is 344 g/mol. The van der Waals surface area contributed by atoms with Crippen LogP contribution < -0.4 is 20.5 Å². The maximum atomic E-state index is 12.7. The number of anilines is 1. The fourth-order valence-electron chi connectivity index (χ4n) is 2.52. The lowest BCUT2D eigenvalue weighted by Gasteiger charge is -2.26. The van der Waals surface area contributed by atoms with Crippen molar-refractivity contribution in [3.8, 4) is 11.5 Å². The van der Waals surface area contributed by atoms with Gasteiger partial charge in [0.2, 0.25) is 11.8 Å². The van der Waals surface area contributed by atoms with Crippen LogP contribution in [0.3, 0.4) is 0 Å². The van der Waals surface area contributed by atoms with Crippen molar-refractivity contribution in [1.29, 1.82) is 0 Å². The summed E-state index contributed by atoms with van der Waals surface area (Å²) in [6.07, 6.45) is 3.03. The number of aromatic nitrogens is 2. The predicted octanol–water partition coefficient (Wildman–Crippen LogP) is 1.06. The molecule has 25 heavy (non-hydrogen) atoms. The van der Waals surface area contributed by atoms with E-state index >= 15 is 0 Å². The number of amides is 2. The first-order chi connectivity index (χ1) is 11.9. The quantitative estimate of drug-likeness (QED) is 0.843. The second-order valence-corrected chi connectivity index (χ2v) is 6.33. The summed E-state index contributed by atoms with van der Waals surface area (Å²) in [5, 5.41) is 6.79. The Kier molecular flexibility index (Phi) is 4.35. The molecule has 0 unspecified atom stereocenters. The Morgan fingerprint density at radius 2 is 2.00 bits per heavy atom. The molecule has 0 saturated carbocycles. The number of hydrogen-bond donors (Lipinski definition) is 2. The molecule has 0 radical (unpaired) electrons. The molecule has 3 N–H and O–H groups in total. The SMILES string of the molecule is CC(C)(C(=O)Nc1cnn(CC(N)=O)c1)c1ccc2c(c1)OCCO2. The fourth-order valence-corrected chi connectivity index (χ4v) is 2.52. The molecule has 1 aromatic heterocycles. The second-order valence-electron chi connectivity index (χ2n) is 6.33. The molecule has 1 aliphatic heterocycles. The van der Waals surface area contributed by atoms with Crippen molar-refractivity contribution in [1.82, 2.24) is 9.78 Å². The van der Waals surface area contributed by atoms with E-state index in [1.807, 2.05) is 32.0 Å². The van der Waals surface area contributed by atoms with E-state index in [4.69, 9.17) is 15.2 Å². The third-order valence-corrected chi connectivity index (χ3v) is 4.04. The highest BCUT2D eigenvalue weighted by Crippen LogP contribution is 2.35. The molecule has 1 aliphatic rings. The standard InChI is InChI=1S/C17H20N4O4/c1-17(2,11-3-4-13-14(7-11)25-6-5-24-13)16(23)20-12-8-19-21(9-12)10-15(18)22/h3-4,7-9H,5-6,10H2,1-2H3,(H2,18,22)(H,20,23). The van der Waals surface area contributed by atoms with Gasteiger partial charge in [-0.1, -0.05) is 6.07 Å². The number of hydrogen-bond acceptors (Lipinski definition) is 5. The molecule has 0 atom stereocenters. The summed E-state index contributed by atoms with van der Waals surface area (Å²) < 4.78 is 12.5. The number of nitrogens with one attached hydrogen (secondary N) is 1. The Morgan fingerprint density at radius 3 is 2.72 bits per heavy atom. The first kappa shape index (κ1) is 16.8. The van der Waals surface area contributed by atoms with Crippen LogP contribution in [0.1, 0.15) is 19.4 Å². The summed E-state index contributed by atoms with van der Waals surface area (Å²) in [6, 6.07) is 5.48. The molecule has 0 spiro atoms. The lowest BCUT2D eigenvalue weighted by atomic mass is 9.83. The number of fused-ring (bicyclic) bond motifs is 1. The highest BCUT2D eigenvalue weighted by Gasteiger charge is 2.31. The molecule has 3 rings (SSSR count). The fraction of sp³-hybridized carbons (Fsp3) is 0.353. The Balaban J connectivity index is 1.76. The maximum Gasteiger partial charge on any atom is 0.239 e. The van der Waals surface area contributed by atoms with Crippen molar-refractivity contribution >= 4 is 17.5 Å². The summed E-state index contributed by atoms with van der Waals surface area (Å²) in [7, 11) is 0. The van der Waals surface area contributed by atoms with Gasteiger partial charge in [0.15, 0.2) is 11.5 Å². The minimum absolute atomic E-state index is 0.0403. The Hall–Kier alpha value is -3.03. The molecule has 0 bridgehead atoms. The molecular weight excluding hydrogens is 324 g/mol. The molecular formula is C17H20N4O4. The number of rotatable bonds is 5. The number of carbonyl (C=O) groups excluding carboxylic acids is 2. The Bertz CT molecular complexity index is 813. The van der Waals surface area contributed by atoms with Gasteiger partial charge < -0.3 is 20.5 Å². The summed E-state index contributed by atoms with van der Waals surface area (Å²) in [5.41, 5.74) is 5.62. The van der Waals surface area contributed by atoms with E-state index in [-0.39, 0.29) is 12.5 Å². The summed E-state index contributed by atoms with van der Waals surface area (Å²) in [5.74, 6) is 0.609. The molecule has 8 heteroatoms. The summed E-state index contributed by atoms with van der Waals surface area (Å²) >= 11 is 0. The largest absolute Gasteiger partial charge is 0.486 e. The van der Waals surface area contributed by atoms with Gasteiger partial charge in [-0.25, -0.2) is 0 Å². The molecule has 1 aromatic carbocycles. The van der Waals surface area contributed by atoms with Gasteiger partial charge in [0.1, 0.15) is 19.8 Å². The third-order valence-electron chi connectivity index (χ3n) is 4.04. The van der Waals surface area contributed by atoms with Crippen LogP contribution in [0.2, 0.25) is 0 Å². The van der Waals surface area contributed by atoms with Crippen LogP contribution in [0.5, 0.6) is 11.5 Å². The molecule has 0 aliphatic carbocycles. The highest BCUT2D eigenvalue weighted by atomic mass is 16.6. The number of nitrogens with zero attached hydrogens (tertiary/aromatic N) is 2. The Morgan fingerprint density at radius 1 is 1.28 bits per heavy atom. The van der Waals surface area contributed by atoms with Gasteiger partial charge in [-0.05, 0) is 31.5 Å². The smallest absolute Gasteiger partial charge is 0.239 e. The van der Waals surface area contributed by atoms with Crippen LogP contribution in [0.4, 0.5) is 5.69 Å². The minimum Gasteiger partial charge on any atom is -0.486 e. The average Bonchev–Trinajstić information content (AvgIpc) is 3.00. The van der Waals surface area contributed by atoms with Crippen molar-refractivity contribution in [2.75, 3.05) is 18.5 Å². The second kappa shape index (κ2) is 6.46. The Labute approximate surface area is 144 Å². The van der Waals surface area contributed by atoms with Crippen molar-refractivity contribution in [3.05, 3.63) is 36.2 Å². The van der Waals surface area contributed by atoms with E-state index in [2.05, 4.69) is 10.4 Å². The van der Waals surface area contributed by atoms with E-state index in [1.54, 1.807) is 6.20 Å². The van der Waals surface area contributed by atoms with E-state index in [9.17, 15) is 9.59 Å². The molecule has 8 nitrogen and oxygen atoms in total. The molecule has 2 heterocycles. The molecule has 0 fully saturated rings. The van der Waals surface area contributed by atoms with Gasteiger partial charge in [0.25, 0.3) is 0 Å². The number of carbonyl (C=O) groups is 2. The summed E-state index contributed by atoms with van der Waals surface area (Å²) in [6.45, 7) is 4.61. The molecule has 0 saturated heterocycles. The number of primary amides is 1. The molecule has 2 amide bonds. The predicted molar refractivity (Wildman–Crippen MR) is 90.5 cm³/mol. The molecule has 2 aromatic rings. The van der Waals surface area contributed by atoms with Crippen LogP contribution in [-0.2, 0) is 21.5 Å². The first-order valence-electron chi connectivity index (χ1n) is 7.88. The molecule has 132 valence electrons. The normalized spacial score (nSPS) is 13.4. The van der Waals surface area contributed by atoms with Gasteiger partial charge in [-0.3, -0.25) is 14.3 Å².